The van der Waals surface area contributed by atoms with Crippen molar-refractivity contribution in [3.63, 3.8) is 0 Å². The van der Waals surface area contributed by atoms with Gasteiger partial charge in [0.05, 0.1) is 5.56 Å². The number of amides is 1. The highest BCUT2D eigenvalue weighted by molar-refractivity contribution is 5.95. The van der Waals surface area contributed by atoms with Crippen LogP contribution in [0.25, 0.3) is 0 Å². The van der Waals surface area contributed by atoms with E-state index in [4.69, 9.17) is 0 Å². The zero-order valence-electron chi connectivity index (χ0n) is 9.03. The summed E-state index contributed by atoms with van der Waals surface area (Å²) in [6.07, 6.45) is 5.21. The summed E-state index contributed by atoms with van der Waals surface area (Å²) in [5, 5.41) is 2.84. The molecule has 2 N–H and O–H groups in total. The maximum Gasteiger partial charge on any atom is 0.253 e. The van der Waals surface area contributed by atoms with Crippen molar-refractivity contribution in [3.05, 3.63) is 53.6 Å². The van der Waals surface area contributed by atoms with E-state index in [0.717, 1.165) is 11.3 Å². The Morgan fingerprint density at radius 3 is 3.00 bits per heavy atom. The van der Waals surface area contributed by atoms with Crippen molar-refractivity contribution in [2.75, 3.05) is 0 Å². The topological polar surface area (TPSA) is 57.8 Å². The maximum atomic E-state index is 11.7. The summed E-state index contributed by atoms with van der Waals surface area (Å²) in [6, 6.07) is 5.55. The molecule has 2 heterocycles. The van der Waals surface area contributed by atoms with Crippen LogP contribution in [-0.4, -0.2) is 15.9 Å². The van der Waals surface area contributed by atoms with E-state index >= 15 is 0 Å². The third kappa shape index (κ3) is 2.28. The van der Waals surface area contributed by atoms with E-state index in [1.807, 2.05) is 19.1 Å². The molecule has 2 aromatic heterocycles. The van der Waals surface area contributed by atoms with Crippen molar-refractivity contribution in [2.24, 2.45) is 0 Å². The Hall–Kier alpha value is -2.10. The normalized spacial score (nSPS) is 10.1. The van der Waals surface area contributed by atoms with Gasteiger partial charge in [0.15, 0.2) is 0 Å². The van der Waals surface area contributed by atoms with Crippen molar-refractivity contribution < 1.29 is 4.79 Å². The molecular formula is C12H13N3O. The van der Waals surface area contributed by atoms with E-state index < -0.39 is 0 Å². The Labute approximate surface area is 93.7 Å². The van der Waals surface area contributed by atoms with Gasteiger partial charge in [-0.2, -0.15) is 0 Å². The fraction of sp³-hybridized carbons (Fsp3) is 0.167. The number of H-pyrrole nitrogens is 1. The zero-order chi connectivity index (χ0) is 11.4. The van der Waals surface area contributed by atoms with Crippen LogP contribution in [0.4, 0.5) is 0 Å². The monoisotopic (exact) mass is 215 g/mol. The molecule has 0 aliphatic heterocycles. The molecule has 2 rings (SSSR count). The van der Waals surface area contributed by atoms with E-state index in [-0.39, 0.29) is 5.91 Å². The van der Waals surface area contributed by atoms with Gasteiger partial charge >= 0.3 is 0 Å². The number of hydrogen-bond donors (Lipinski definition) is 2. The number of aromatic nitrogens is 2. The van der Waals surface area contributed by atoms with E-state index in [1.54, 1.807) is 24.7 Å². The number of nitrogens with one attached hydrogen (secondary N) is 2. The van der Waals surface area contributed by atoms with Gasteiger partial charge < -0.3 is 10.3 Å². The quantitative estimate of drug-likeness (QED) is 0.817. The molecule has 0 atom stereocenters. The first kappa shape index (κ1) is 10.4. The summed E-state index contributed by atoms with van der Waals surface area (Å²) in [5.41, 5.74) is 2.55. The lowest BCUT2D eigenvalue weighted by molar-refractivity contribution is 0.0950. The molecule has 4 heteroatoms. The summed E-state index contributed by atoms with van der Waals surface area (Å²) < 4.78 is 0. The predicted molar refractivity (Wildman–Crippen MR) is 60.9 cm³/mol. The van der Waals surface area contributed by atoms with Gasteiger partial charge in [0.2, 0.25) is 0 Å². The second-order valence-corrected chi connectivity index (χ2v) is 3.56. The Morgan fingerprint density at radius 1 is 1.50 bits per heavy atom. The standard InChI is InChI=1S/C12H13N3O/c1-9-11(4-6-14-9)12(16)15-8-10-3-2-5-13-7-10/h2-7,14H,8H2,1H3,(H,15,16). The molecule has 4 nitrogen and oxygen atoms in total. The number of rotatable bonds is 3. The number of aryl methyl sites for hydroxylation is 1. The van der Waals surface area contributed by atoms with E-state index in [0.29, 0.717) is 12.1 Å². The lowest BCUT2D eigenvalue weighted by Crippen LogP contribution is -2.23. The Bertz CT molecular complexity index is 476. The summed E-state index contributed by atoms with van der Waals surface area (Å²) in [7, 11) is 0. The fourth-order valence-corrected chi connectivity index (χ4v) is 1.48. The van der Waals surface area contributed by atoms with Crippen LogP contribution >= 0.6 is 0 Å². The molecule has 0 aliphatic carbocycles. The van der Waals surface area contributed by atoms with Gasteiger partial charge in [-0.25, -0.2) is 0 Å². The molecule has 82 valence electrons. The molecule has 0 saturated carbocycles. The highest BCUT2D eigenvalue weighted by Gasteiger charge is 2.08. The summed E-state index contributed by atoms with van der Waals surface area (Å²) in [6.45, 7) is 2.37. The van der Waals surface area contributed by atoms with Gasteiger partial charge in [-0.05, 0) is 24.6 Å². The predicted octanol–water partition coefficient (Wildman–Crippen LogP) is 1.65. The largest absolute Gasteiger partial charge is 0.365 e. The molecule has 1 amide bonds. The van der Waals surface area contributed by atoms with Crippen molar-refractivity contribution >= 4 is 5.91 Å². The van der Waals surface area contributed by atoms with Crippen LogP contribution in [0, 0.1) is 6.92 Å². The number of nitrogens with zero attached hydrogens (tertiary/aromatic N) is 1. The summed E-state index contributed by atoms with van der Waals surface area (Å²) in [4.78, 5) is 18.7. The molecule has 0 saturated heterocycles. The van der Waals surface area contributed by atoms with Gasteiger partial charge in [-0.1, -0.05) is 6.07 Å². The van der Waals surface area contributed by atoms with E-state index in [1.165, 1.54) is 0 Å². The molecule has 0 bridgehead atoms. The Kier molecular flexibility index (Phi) is 3.00. The first-order chi connectivity index (χ1) is 7.77. The van der Waals surface area contributed by atoms with Crippen molar-refractivity contribution in [1.82, 2.24) is 15.3 Å². The molecule has 0 aliphatic rings. The van der Waals surface area contributed by atoms with Crippen LogP contribution in [-0.2, 0) is 6.54 Å². The number of pyridine rings is 1. The lowest BCUT2D eigenvalue weighted by Gasteiger charge is -2.04. The highest BCUT2D eigenvalue weighted by atomic mass is 16.1. The maximum absolute atomic E-state index is 11.7. The molecular weight excluding hydrogens is 202 g/mol. The third-order valence-corrected chi connectivity index (χ3v) is 2.37. The van der Waals surface area contributed by atoms with Crippen LogP contribution in [0.5, 0.6) is 0 Å². The third-order valence-electron chi connectivity index (χ3n) is 2.37. The summed E-state index contributed by atoms with van der Waals surface area (Å²) in [5.74, 6) is -0.0670. The minimum absolute atomic E-state index is 0.0670. The Morgan fingerprint density at radius 2 is 2.38 bits per heavy atom. The van der Waals surface area contributed by atoms with Crippen LogP contribution in [0.15, 0.2) is 36.8 Å². The minimum Gasteiger partial charge on any atom is -0.365 e. The van der Waals surface area contributed by atoms with E-state index in [9.17, 15) is 4.79 Å². The van der Waals surface area contributed by atoms with Crippen LogP contribution in [0.2, 0.25) is 0 Å². The fourth-order valence-electron chi connectivity index (χ4n) is 1.48. The van der Waals surface area contributed by atoms with E-state index in [2.05, 4.69) is 15.3 Å². The smallest absolute Gasteiger partial charge is 0.253 e. The zero-order valence-corrected chi connectivity index (χ0v) is 9.03. The van der Waals surface area contributed by atoms with Crippen molar-refractivity contribution in [2.45, 2.75) is 13.5 Å². The second kappa shape index (κ2) is 4.61. The van der Waals surface area contributed by atoms with Crippen LogP contribution in [0.3, 0.4) is 0 Å². The van der Waals surface area contributed by atoms with Gasteiger partial charge in [0.25, 0.3) is 5.91 Å². The lowest BCUT2D eigenvalue weighted by atomic mass is 10.2. The number of aromatic amines is 1. The molecule has 0 aromatic carbocycles. The van der Waals surface area contributed by atoms with Crippen molar-refractivity contribution in [3.8, 4) is 0 Å². The van der Waals surface area contributed by atoms with Gasteiger partial charge in [-0.3, -0.25) is 9.78 Å². The molecule has 0 fully saturated rings. The first-order valence-electron chi connectivity index (χ1n) is 5.08. The molecule has 0 radical (unpaired) electrons. The second-order valence-electron chi connectivity index (χ2n) is 3.56. The average Bonchev–Trinajstić information content (AvgIpc) is 2.74. The first-order valence-corrected chi connectivity index (χ1v) is 5.08. The number of carbonyl (C=O) groups excluding carboxylic acids is 1. The molecule has 2 aromatic rings. The van der Waals surface area contributed by atoms with Crippen LogP contribution < -0.4 is 5.32 Å². The van der Waals surface area contributed by atoms with Crippen molar-refractivity contribution in [1.29, 1.82) is 0 Å². The Balaban J connectivity index is 1.97. The van der Waals surface area contributed by atoms with Crippen LogP contribution in [0.1, 0.15) is 21.6 Å². The summed E-state index contributed by atoms with van der Waals surface area (Å²) >= 11 is 0. The van der Waals surface area contributed by atoms with Gasteiger partial charge in [0, 0.05) is 30.8 Å². The number of hydrogen-bond acceptors (Lipinski definition) is 2. The van der Waals surface area contributed by atoms with Gasteiger partial charge in [-0.15, -0.1) is 0 Å². The average molecular weight is 215 g/mol. The SMILES string of the molecule is Cc1[nH]ccc1C(=O)NCc1cccnc1. The van der Waals surface area contributed by atoms with Gasteiger partial charge in [0.1, 0.15) is 0 Å². The molecule has 0 spiro atoms. The molecule has 0 unspecified atom stereocenters. The highest BCUT2D eigenvalue weighted by Crippen LogP contribution is 2.05. The minimum atomic E-state index is -0.0670. The number of carbonyl (C=O) groups is 1. The molecule has 16 heavy (non-hydrogen) atoms.